The average molecular weight is 298 g/mol. The predicted molar refractivity (Wildman–Crippen MR) is 79.7 cm³/mol. The molecule has 1 unspecified atom stereocenters. The summed E-state index contributed by atoms with van der Waals surface area (Å²) in [5.74, 6) is -1.42. The van der Waals surface area contributed by atoms with Crippen molar-refractivity contribution < 1.29 is 23.9 Å². The minimum absolute atomic E-state index is 0. The Hall–Kier alpha value is -1.65. The van der Waals surface area contributed by atoms with Crippen LogP contribution in [-0.2, 0) is 23.9 Å². The predicted octanol–water partition coefficient (Wildman–Crippen LogP) is 2.82. The molecule has 21 heavy (non-hydrogen) atoms. The number of allylic oxidation sites excluding steroid dienone is 1. The fourth-order valence-electron chi connectivity index (χ4n) is 1.78. The van der Waals surface area contributed by atoms with E-state index in [4.69, 9.17) is 9.47 Å². The summed E-state index contributed by atoms with van der Waals surface area (Å²) in [6.45, 7) is 8.65. The van der Waals surface area contributed by atoms with Gasteiger partial charge in [-0.15, -0.1) is 0 Å². The maximum absolute atomic E-state index is 12.1. The van der Waals surface area contributed by atoms with Gasteiger partial charge in [0, 0.05) is 12.0 Å². The Kier molecular flexibility index (Phi) is 8.58. The molecule has 0 aromatic rings. The molecule has 1 atom stereocenters. The van der Waals surface area contributed by atoms with Gasteiger partial charge in [-0.25, -0.2) is 4.79 Å². The molecule has 0 bridgehead atoms. The molecule has 0 aromatic carbocycles. The van der Waals surface area contributed by atoms with Gasteiger partial charge in [-0.05, 0) is 34.1 Å². The molecule has 120 valence electrons. The van der Waals surface area contributed by atoms with Crippen molar-refractivity contribution in [3.8, 4) is 0 Å². The van der Waals surface area contributed by atoms with Gasteiger partial charge in [-0.2, -0.15) is 0 Å². The van der Waals surface area contributed by atoms with Crippen LogP contribution in [0, 0.1) is 5.41 Å². The van der Waals surface area contributed by atoms with E-state index in [1.807, 2.05) is 6.92 Å². The highest BCUT2D eigenvalue weighted by Gasteiger charge is 2.41. The van der Waals surface area contributed by atoms with Crippen molar-refractivity contribution >= 4 is 17.7 Å². The standard InChI is InChI=1S/C16H26O5/c1-6-9-10-13(14(18)20-7-2)11-16(5,12(4)17)15(19)21-8-3/h10H,6-9,11H2,1-5H3. The first-order valence-electron chi connectivity index (χ1n) is 7.37. The van der Waals surface area contributed by atoms with Crippen molar-refractivity contribution in [2.24, 2.45) is 5.41 Å². The van der Waals surface area contributed by atoms with E-state index in [-0.39, 0.29) is 25.4 Å². The van der Waals surface area contributed by atoms with E-state index in [9.17, 15) is 14.4 Å². The Bertz CT molecular complexity index is 411. The number of carbonyl (C=O) groups excluding carboxylic acids is 3. The van der Waals surface area contributed by atoms with E-state index in [2.05, 4.69) is 0 Å². The summed E-state index contributed by atoms with van der Waals surface area (Å²) in [7, 11) is 0. The molecular formula is C16H26O5. The smallest absolute Gasteiger partial charge is 0.333 e. The Morgan fingerprint density at radius 3 is 2.05 bits per heavy atom. The quantitative estimate of drug-likeness (QED) is 0.372. The van der Waals surface area contributed by atoms with Gasteiger partial charge in [0.1, 0.15) is 11.2 Å². The van der Waals surface area contributed by atoms with Crippen LogP contribution in [0.15, 0.2) is 11.6 Å². The Labute approximate surface area is 126 Å². The maximum atomic E-state index is 12.1. The SMILES string of the molecule is CCCC=C(CC(C)(C(C)=O)C(=O)OCC)C(=O)OCC. The molecule has 0 amide bonds. The summed E-state index contributed by atoms with van der Waals surface area (Å²) in [5, 5.41) is 0. The van der Waals surface area contributed by atoms with Crippen molar-refractivity contribution in [1.82, 2.24) is 0 Å². The lowest BCUT2D eigenvalue weighted by molar-refractivity contribution is -0.158. The van der Waals surface area contributed by atoms with E-state index >= 15 is 0 Å². The van der Waals surface area contributed by atoms with Crippen molar-refractivity contribution in [2.45, 2.75) is 53.9 Å². The fourth-order valence-corrected chi connectivity index (χ4v) is 1.78. The fraction of sp³-hybridized carbons (Fsp3) is 0.688. The molecule has 0 aliphatic carbocycles. The van der Waals surface area contributed by atoms with Crippen LogP contribution in [0.3, 0.4) is 0 Å². The number of hydrogen-bond acceptors (Lipinski definition) is 5. The molecule has 0 fully saturated rings. The molecular weight excluding hydrogens is 272 g/mol. The van der Waals surface area contributed by atoms with Crippen LogP contribution >= 0.6 is 0 Å². The number of esters is 2. The van der Waals surface area contributed by atoms with Gasteiger partial charge in [0.15, 0.2) is 0 Å². The zero-order valence-electron chi connectivity index (χ0n) is 13.7. The van der Waals surface area contributed by atoms with Crippen LogP contribution in [0.1, 0.15) is 53.9 Å². The third kappa shape index (κ3) is 5.69. The molecule has 0 rings (SSSR count). The molecule has 0 radical (unpaired) electrons. The Morgan fingerprint density at radius 2 is 1.62 bits per heavy atom. The molecule has 0 aliphatic rings. The molecule has 0 aromatic heterocycles. The second-order valence-electron chi connectivity index (χ2n) is 5.02. The number of ether oxygens (including phenoxy) is 2. The molecule has 5 heteroatoms. The van der Waals surface area contributed by atoms with Crippen LogP contribution in [0.4, 0.5) is 0 Å². The molecule has 0 saturated carbocycles. The first kappa shape index (κ1) is 19.4. The monoisotopic (exact) mass is 298 g/mol. The largest absolute Gasteiger partial charge is 0.465 e. The first-order chi connectivity index (χ1) is 9.83. The summed E-state index contributed by atoms with van der Waals surface area (Å²) in [6, 6.07) is 0. The minimum atomic E-state index is -1.36. The topological polar surface area (TPSA) is 69.7 Å². The minimum Gasteiger partial charge on any atom is -0.465 e. The van der Waals surface area contributed by atoms with Gasteiger partial charge in [-0.1, -0.05) is 19.4 Å². The number of unbranched alkanes of at least 4 members (excludes halogenated alkanes) is 1. The molecule has 0 aliphatic heterocycles. The summed E-state index contributed by atoms with van der Waals surface area (Å²) >= 11 is 0. The Morgan fingerprint density at radius 1 is 1.05 bits per heavy atom. The number of Topliss-reactive ketones (excluding diaryl/α,β-unsaturated/α-hetero) is 1. The third-order valence-electron chi connectivity index (χ3n) is 3.26. The zero-order valence-corrected chi connectivity index (χ0v) is 13.7. The van der Waals surface area contributed by atoms with Crippen molar-refractivity contribution in [3.05, 3.63) is 11.6 Å². The number of carbonyl (C=O) groups is 3. The first-order valence-corrected chi connectivity index (χ1v) is 7.37. The highest BCUT2D eigenvalue weighted by molar-refractivity contribution is 6.04. The van der Waals surface area contributed by atoms with Gasteiger partial charge >= 0.3 is 11.9 Å². The van der Waals surface area contributed by atoms with Crippen LogP contribution in [0.5, 0.6) is 0 Å². The molecule has 5 nitrogen and oxygen atoms in total. The van der Waals surface area contributed by atoms with Crippen LogP contribution in [0.25, 0.3) is 0 Å². The van der Waals surface area contributed by atoms with E-state index in [0.29, 0.717) is 12.0 Å². The van der Waals surface area contributed by atoms with E-state index in [1.165, 1.54) is 13.8 Å². The lowest BCUT2D eigenvalue weighted by Crippen LogP contribution is -2.38. The summed E-state index contributed by atoms with van der Waals surface area (Å²) in [4.78, 5) is 35.9. The van der Waals surface area contributed by atoms with Crippen molar-refractivity contribution in [2.75, 3.05) is 13.2 Å². The highest BCUT2D eigenvalue weighted by atomic mass is 16.5. The van der Waals surface area contributed by atoms with Gasteiger partial charge < -0.3 is 9.47 Å². The summed E-state index contributed by atoms with van der Waals surface area (Å²) in [6.07, 6.45) is 3.28. The van der Waals surface area contributed by atoms with Gasteiger partial charge in [0.05, 0.1) is 13.2 Å². The molecule has 0 heterocycles. The lowest BCUT2D eigenvalue weighted by atomic mass is 9.79. The molecule has 0 saturated heterocycles. The van der Waals surface area contributed by atoms with E-state index in [0.717, 1.165) is 6.42 Å². The number of hydrogen-bond donors (Lipinski definition) is 0. The van der Waals surface area contributed by atoms with Gasteiger partial charge in [0.2, 0.25) is 0 Å². The zero-order chi connectivity index (χ0) is 16.5. The Balaban J connectivity index is 5.36. The summed E-state index contributed by atoms with van der Waals surface area (Å²) < 4.78 is 9.97. The van der Waals surface area contributed by atoms with Crippen molar-refractivity contribution in [3.63, 3.8) is 0 Å². The van der Waals surface area contributed by atoms with E-state index in [1.54, 1.807) is 19.9 Å². The van der Waals surface area contributed by atoms with Crippen LogP contribution in [0.2, 0.25) is 0 Å². The van der Waals surface area contributed by atoms with Crippen molar-refractivity contribution in [1.29, 1.82) is 0 Å². The maximum Gasteiger partial charge on any atom is 0.333 e. The summed E-state index contributed by atoms with van der Waals surface area (Å²) in [5.41, 5.74) is -1.01. The van der Waals surface area contributed by atoms with Crippen LogP contribution in [-0.4, -0.2) is 30.9 Å². The average Bonchev–Trinajstić information content (AvgIpc) is 2.43. The number of rotatable bonds is 9. The second-order valence-corrected chi connectivity index (χ2v) is 5.02. The van der Waals surface area contributed by atoms with Gasteiger partial charge in [0.25, 0.3) is 0 Å². The molecule has 0 spiro atoms. The highest BCUT2D eigenvalue weighted by Crippen LogP contribution is 2.30. The second kappa shape index (κ2) is 9.32. The normalized spacial score (nSPS) is 14.2. The number of ketones is 1. The van der Waals surface area contributed by atoms with Crippen LogP contribution < -0.4 is 0 Å². The third-order valence-corrected chi connectivity index (χ3v) is 3.26. The lowest BCUT2D eigenvalue weighted by Gasteiger charge is -2.25. The molecule has 0 N–H and O–H groups in total. The van der Waals surface area contributed by atoms with E-state index < -0.39 is 17.4 Å². The van der Waals surface area contributed by atoms with Gasteiger partial charge in [-0.3, -0.25) is 9.59 Å².